The van der Waals surface area contributed by atoms with E-state index in [0.29, 0.717) is 31.5 Å². The smallest absolute Gasteiger partial charge is 0.305 e. The van der Waals surface area contributed by atoms with E-state index in [4.69, 9.17) is 9.47 Å². The molecular formula is C37H65NO5. The number of aliphatic hydroxyl groups is 1. The van der Waals surface area contributed by atoms with E-state index < -0.39 is 0 Å². The molecule has 4 saturated carbocycles. The first kappa shape index (κ1) is 34.7. The standard InChI is InChI=1S/C37H65NO5/c1-3-4-5-6-7-14-19-26-42-31(40)20-15-10-8-12-17-22-38(24-25-39)23-18-13-9-11-16-21-32(41)43-28-37-27-30-33-29(2)35(37)34(33)36(30)37/h29-30,33-36,39H,3-28H2,1-2H3. The number of fused-ring (bicyclic) bond motifs is 2. The molecule has 248 valence electrons. The number of aliphatic hydroxyl groups excluding tert-OH is 1. The molecule has 4 rings (SSSR count). The van der Waals surface area contributed by atoms with E-state index in [1.165, 1.54) is 57.8 Å². The van der Waals surface area contributed by atoms with Crippen molar-refractivity contribution in [3.05, 3.63) is 0 Å². The summed E-state index contributed by atoms with van der Waals surface area (Å²) in [6.07, 6.45) is 22.2. The van der Waals surface area contributed by atoms with Gasteiger partial charge in [0.15, 0.2) is 0 Å². The Kier molecular flexibility index (Phi) is 14.6. The Morgan fingerprint density at radius 2 is 1.26 bits per heavy atom. The molecule has 0 aliphatic heterocycles. The molecule has 7 unspecified atom stereocenters. The van der Waals surface area contributed by atoms with E-state index in [1.807, 2.05) is 0 Å². The second-order valence-corrected chi connectivity index (χ2v) is 14.8. The summed E-state index contributed by atoms with van der Waals surface area (Å²) in [6.45, 7) is 9.00. The van der Waals surface area contributed by atoms with Crippen LogP contribution in [0.5, 0.6) is 0 Å². The first-order valence-corrected chi connectivity index (χ1v) is 18.7. The van der Waals surface area contributed by atoms with Crippen LogP contribution in [0, 0.1) is 40.9 Å². The molecule has 0 aromatic carbocycles. The molecule has 0 bridgehead atoms. The molecule has 43 heavy (non-hydrogen) atoms. The van der Waals surface area contributed by atoms with Gasteiger partial charge >= 0.3 is 11.9 Å². The van der Waals surface area contributed by atoms with Gasteiger partial charge in [0.05, 0.1) is 19.8 Å². The molecule has 6 heteroatoms. The zero-order valence-electron chi connectivity index (χ0n) is 27.9. The molecule has 0 aromatic rings. The molecule has 0 heterocycles. The number of carbonyl (C=O) groups is 2. The second kappa shape index (κ2) is 18.1. The number of unbranched alkanes of at least 4 members (excludes halogenated alkanes) is 14. The highest BCUT2D eigenvalue weighted by molar-refractivity contribution is 5.69. The maximum Gasteiger partial charge on any atom is 0.305 e. The van der Waals surface area contributed by atoms with Crippen LogP contribution in [-0.4, -0.2) is 61.4 Å². The van der Waals surface area contributed by atoms with Gasteiger partial charge in [-0.1, -0.05) is 90.9 Å². The van der Waals surface area contributed by atoms with Gasteiger partial charge < -0.3 is 19.5 Å². The fourth-order valence-corrected chi connectivity index (χ4v) is 9.79. The Hall–Kier alpha value is -1.14. The van der Waals surface area contributed by atoms with Crippen molar-refractivity contribution in [2.45, 2.75) is 142 Å². The Morgan fingerprint density at radius 3 is 1.81 bits per heavy atom. The fraction of sp³-hybridized carbons (Fsp3) is 0.946. The lowest BCUT2D eigenvalue weighted by Crippen LogP contribution is -2.89. The predicted molar refractivity (Wildman–Crippen MR) is 173 cm³/mol. The minimum Gasteiger partial charge on any atom is -0.466 e. The van der Waals surface area contributed by atoms with Crippen LogP contribution in [0.15, 0.2) is 0 Å². The summed E-state index contributed by atoms with van der Waals surface area (Å²) in [5, 5.41) is 9.47. The summed E-state index contributed by atoms with van der Waals surface area (Å²) >= 11 is 0. The molecule has 7 atom stereocenters. The van der Waals surface area contributed by atoms with Crippen LogP contribution >= 0.6 is 0 Å². The number of carbonyl (C=O) groups excluding carboxylic acids is 2. The molecule has 4 aliphatic carbocycles. The van der Waals surface area contributed by atoms with Gasteiger partial charge in [0, 0.05) is 24.8 Å². The quantitative estimate of drug-likeness (QED) is 0.0723. The number of nitrogens with zero attached hydrogens (tertiary/aromatic N) is 1. The number of ether oxygens (including phenoxy) is 2. The Morgan fingerprint density at radius 1 is 0.698 bits per heavy atom. The molecule has 0 saturated heterocycles. The van der Waals surface area contributed by atoms with Gasteiger partial charge in [0.25, 0.3) is 0 Å². The fourth-order valence-electron chi connectivity index (χ4n) is 9.79. The highest BCUT2D eigenvalue weighted by Crippen LogP contribution is 2.91. The van der Waals surface area contributed by atoms with Crippen molar-refractivity contribution >= 4 is 11.9 Å². The summed E-state index contributed by atoms with van der Waals surface area (Å²) in [5.74, 6) is 5.70. The summed E-state index contributed by atoms with van der Waals surface area (Å²) in [4.78, 5) is 26.6. The number of hydrogen-bond donors (Lipinski definition) is 1. The second-order valence-electron chi connectivity index (χ2n) is 14.8. The molecule has 0 aromatic heterocycles. The average molecular weight is 604 g/mol. The number of rotatable bonds is 28. The topological polar surface area (TPSA) is 76.1 Å². The molecule has 4 aliphatic rings. The SMILES string of the molecule is CCCCCCCCCOC(=O)CCCCCCCN(CCO)CCCCCCCC(=O)OCC12CC3C4C(C)C1C4C32. The highest BCUT2D eigenvalue weighted by Gasteiger charge is 2.88. The zero-order chi connectivity index (χ0) is 30.5. The molecule has 6 nitrogen and oxygen atoms in total. The van der Waals surface area contributed by atoms with Gasteiger partial charge in [0.1, 0.15) is 0 Å². The van der Waals surface area contributed by atoms with Crippen LogP contribution in [0.1, 0.15) is 142 Å². The molecule has 0 amide bonds. The van der Waals surface area contributed by atoms with Crippen molar-refractivity contribution in [3.63, 3.8) is 0 Å². The normalized spacial score (nSPS) is 29.2. The van der Waals surface area contributed by atoms with E-state index in [2.05, 4.69) is 18.7 Å². The van der Waals surface area contributed by atoms with Crippen molar-refractivity contribution in [1.29, 1.82) is 0 Å². The molecule has 4 fully saturated rings. The van der Waals surface area contributed by atoms with Crippen molar-refractivity contribution in [1.82, 2.24) is 4.90 Å². The average Bonchev–Trinajstić information content (AvgIpc) is 2.99. The number of hydrogen-bond acceptors (Lipinski definition) is 6. The molecular weight excluding hydrogens is 538 g/mol. The first-order valence-electron chi connectivity index (χ1n) is 18.7. The Balaban J connectivity index is 0.889. The van der Waals surface area contributed by atoms with Crippen molar-refractivity contribution in [2.24, 2.45) is 40.9 Å². The predicted octanol–water partition coefficient (Wildman–Crippen LogP) is 7.95. The first-order chi connectivity index (χ1) is 21.0. The van der Waals surface area contributed by atoms with Crippen molar-refractivity contribution in [2.75, 3.05) is 39.5 Å². The lowest BCUT2D eigenvalue weighted by atomic mass is 9.12. The van der Waals surface area contributed by atoms with Crippen LogP contribution in [0.25, 0.3) is 0 Å². The van der Waals surface area contributed by atoms with E-state index in [9.17, 15) is 14.7 Å². The van der Waals surface area contributed by atoms with Gasteiger partial charge in [-0.05, 0) is 87.1 Å². The molecule has 0 spiro atoms. The van der Waals surface area contributed by atoms with Crippen molar-refractivity contribution < 1.29 is 24.2 Å². The van der Waals surface area contributed by atoms with Gasteiger partial charge in [-0.15, -0.1) is 0 Å². The van der Waals surface area contributed by atoms with Gasteiger partial charge in [-0.2, -0.15) is 0 Å². The van der Waals surface area contributed by atoms with Crippen LogP contribution in [-0.2, 0) is 19.1 Å². The third-order valence-electron chi connectivity index (χ3n) is 12.0. The third kappa shape index (κ3) is 8.99. The van der Waals surface area contributed by atoms with Gasteiger partial charge in [-0.25, -0.2) is 0 Å². The van der Waals surface area contributed by atoms with Crippen LogP contribution < -0.4 is 0 Å². The van der Waals surface area contributed by atoms with Crippen LogP contribution in [0.4, 0.5) is 0 Å². The zero-order valence-corrected chi connectivity index (χ0v) is 27.9. The Bertz CT molecular complexity index is 821. The van der Waals surface area contributed by atoms with E-state index >= 15 is 0 Å². The lowest BCUT2D eigenvalue weighted by molar-refractivity contribution is -0.461. The monoisotopic (exact) mass is 603 g/mol. The molecule has 0 radical (unpaired) electrons. The van der Waals surface area contributed by atoms with Crippen molar-refractivity contribution in [3.8, 4) is 0 Å². The maximum atomic E-state index is 12.3. The highest BCUT2D eigenvalue weighted by atomic mass is 16.5. The summed E-state index contributed by atoms with van der Waals surface area (Å²) in [7, 11) is 0. The van der Waals surface area contributed by atoms with E-state index in [-0.39, 0.29) is 18.5 Å². The lowest BCUT2D eigenvalue weighted by Gasteiger charge is -2.92. The summed E-state index contributed by atoms with van der Waals surface area (Å²) in [5.41, 5.74) is 0.404. The molecule has 1 N–H and O–H groups in total. The van der Waals surface area contributed by atoms with Crippen LogP contribution in [0.3, 0.4) is 0 Å². The third-order valence-corrected chi connectivity index (χ3v) is 12.0. The minimum absolute atomic E-state index is 0.0250. The summed E-state index contributed by atoms with van der Waals surface area (Å²) < 4.78 is 11.2. The van der Waals surface area contributed by atoms with Crippen LogP contribution in [0.2, 0.25) is 0 Å². The largest absolute Gasteiger partial charge is 0.466 e. The Labute approximate surface area is 263 Å². The minimum atomic E-state index is -0.0303. The number of esters is 2. The van der Waals surface area contributed by atoms with Gasteiger partial charge in [0.2, 0.25) is 0 Å². The van der Waals surface area contributed by atoms with E-state index in [0.717, 1.165) is 113 Å². The van der Waals surface area contributed by atoms with Gasteiger partial charge in [-0.3, -0.25) is 9.59 Å². The summed E-state index contributed by atoms with van der Waals surface area (Å²) in [6, 6.07) is 0. The van der Waals surface area contributed by atoms with E-state index in [1.54, 1.807) is 0 Å². The maximum absolute atomic E-state index is 12.3.